The van der Waals surface area contributed by atoms with Crippen molar-refractivity contribution in [2.75, 3.05) is 27.2 Å². The Hall–Kier alpha value is -2.64. The first-order valence-electron chi connectivity index (χ1n) is 10.1. The van der Waals surface area contributed by atoms with Gasteiger partial charge in [-0.1, -0.05) is 40.2 Å². The number of rotatable bonds is 7. The van der Waals surface area contributed by atoms with Gasteiger partial charge < -0.3 is 19.6 Å². The van der Waals surface area contributed by atoms with Crippen LogP contribution in [-0.2, 0) is 9.59 Å². The molecular formula is C24H27BrN2O4. The lowest BCUT2D eigenvalue weighted by molar-refractivity contribution is -0.140. The predicted molar refractivity (Wildman–Crippen MR) is 124 cm³/mol. The molecule has 0 spiro atoms. The number of carbonyl (C=O) groups excluding carboxylic acids is 2. The van der Waals surface area contributed by atoms with Gasteiger partial charge in [0.05, 0.1) is 17.7 Å². The van der Waals surface area contributed by atoms with Gasteiger partial charge in [-0.25, -0.2) is 0 Å². The molecule has 1 aliphatic rings. The number of Topliss-reactive ketones (excluding diaryl/α,β-unsaturated/α-hetero) is 1. The van der Waals surface area contributed by atoms with E-state index in [9.17, 15) is 14.7 Å². The van der Waals surface area contributed by atoms with E-state index in [2.05, 4.69) is 15.9 Å². The van der Waals surface area contributed by atoms with Gasteiger partial charge in [0.2, 0.25) is 0 Å². The largest absolute Gasteiger partial charge is 0.507 e. The summed E-state index contributed by atoms with van der Waals surface area (Å²) in [6, 6.07) is 13.6. The average Bonchev–Trinajstić information content (AvgIpc) is 2.97. The Morgan fingerprint density at radius 3 is 2.26 bits per heavy atom. The van der Waals surface area contributed by atoms with Crippen molar-refractivity contribution in [2.45, 2.75) is 26.0 Å². The molecule has 2 aromatic carbocycles. The van der Waals surface area contributed by atoms with E-state index in [1.54, 1.807) is 24.3 Å². The van der Waals surface area contributed by atoms with Crippen molar-refractivity contribution < 1.29 is 19.4 Å². The minimum absolute atomic E-state index is 0.0361. The lowest BCUT2D eigenvalue weighted by Gasteiger charge is -2.26. The third-order valence-corrected chi connectivity index (χ3v) is 5.54. The molecule has 6 nitrogen and oxygen atoms in total. The first-order valence-corrected chi connectivity index (χ1v) is 10.9. The van der Waals surface area contributed by atoms with Crippen molar-refractivity contribution in [2.24, 2.45) is 0 Å². The summed E-state index contributed by atoms with van der Waals surface area (Å²) < 4.78 is 6.57. The van der Waals surface area contributed by atoms with Gasteiger partial charge in [0.25, 0.3) is 11.7 Å². The maximum Gasteiger partial charge on any atom is 0.295 e. The number of hydrogen-bond acceptors (Lipinski definition) is 5. The van der Waals surface area contributed by atoms with E-state index >= 15 is 0 Å². The van der Waals surface area contributed by atoms with Crippen LogP contribution in [0.2, 0.25) is 0 Å². The molecule has 0 radical (unpaired) electrons. The number of ether oxygens (including phenoxy) is 1. The summed E-state index contributed by atoms with van der Waals surface area (Å²) in [5.74, 6) is -0.748. The molecular weight excluding hydrogens is 460 g/mol. The minimum Gasteiger partial charge on any atom is -0.507 e. The molecule has 3 rings (SSSR count). The number of likely N-dealkylation sites (tertiary alicyclic amines) is 1. The molecule has 0 saturated carbocycles. The molecule has 0 bridgehead atoms. The van der Waals surface area contributed by atoms with Crippen LogP contribution in [0.4, 0.5) is 0 Å². The van der Waals surface area contributed by atoms with Gasteiger partial charge in [-0.15, -0.1) is 0 Å². The smallest absolute Gasteiger partial charge is 0.295 e. The Bertz CT molecular complexity index is 982. The van der Waals surface area contributed by atoms with Crippen LogP contribution < -0.4 is 4.74 Å². The predicted octanol–water partition coefficient (Wildman–Crippen LogP) is 4.22. The number of amides is 1. The summed E-state index contributed by atoms with van der Waals surface area (Å²) in [6.07, 6.45) is 0.0361. The first-order chi connectivity index (χ1) is 14.7. The monoisotopic (exact) mass is 486 g/mol. The number of ketones is 1. The highest BCUT2D eigenvalue weighted by Gasteiger charge is 2.45. The fraction of sp³-hybridized carbons (Fsp3) is 0.333. The fourth-order valence-electron chi connectivity index (χ4n) is 3.53. The van der Waals surface area contributed by atoms with E-state index in [0.717, 1.165) is 10.0 Å². The van der Waals surface area contributed by atoms with Gasteiger partial charge in [0, 0.05) is 23.1 Å². The second kappa shape index (κ2) is 9.66. The number of aliphatic hydroxyl groups is 1. The number of halogens is 1. The fourth-order valence-corrected chi connectivity index (χ4v) is 3.79. The molecule has 1 atom stereocenters. The maximum absolute atomic E-state index is 13.0. The van der Waals surface area contributed by atoms with Gasteiger partial charge in [-0.05, 0) is 57.8 Å². The average molecular weight is 487 g/mol. The first kappa shape index (κ1) is 23.0. The molecule has 2 aromatic rings. The molecule has 0 aromatic heterocycles. The molecule has 1 N–H and O–H groups in total. The Balaban J connectivity index is 2.08. The number of likely N-dealkylation sites (N-methyl/N-ethyl adjacent to an activating group) is 1. The molecule has 7 heteroatoms. The van der Waals surface area contributed by atoms with Gasteiger partial charge >= 0.3 is 0 Å². The molecule has 1 saturated heterocycles. The van der Waals surface area contributed by atoms with Gasteiger partial charge in [-0.2, -0.15) is 0 Å². The molecule has 31 heavy (non-hydrogen) atoms. The molecule has 1 fully saturated rings. The topological polar surface area (TPSA) is 70.1 Å². The SMILES string of the molecule is CC(C)Oc1ccc(C2/C(=C(/O)c3ccc(Br)cc3)C(=O)C(=O)N2CCN(C)C)cc1. The van der Waals surface area contributed by atoms with Crippen molar-refractivity contribution >= 4 is 33.4 Å². The lowest BCUT2D eigenvalue weighted by Crippen LogP contribution is -2.35. The van der Waals surface area contributed by atoms with Crippen molar-refractivity contribution in [3.8, 4) is 5.75 Å². The molecule has 1 heterocycles. The zero-order chi connectivity index (χ0) is 22.7. The number of aliphatic hydroxyl groups excluding tert-OH is 1. The Labute approximate surface area is 191 Å². The third kappa shape index (κ3) is 5.17. The quantitative estimate of drug-likeness (QED) is 0.360. The number of hydrogen-bond donors (Lipinski definition) is 1. The van der Waals surface area contributed by atoms with Crippen LogP contribution in [-0.4, -0.2) is 59.9 Å². The van der Waals surface area contributed by atoms with Gasteiger partial charge in [0.1, 0.15) is 11.5 Å². The summed E-state index contributed by atoms with van der Waals surface area (Å²) in [7, 11) is 3.82. The van der Waals surface area contributed by atoms with Crippen LogP contribution >= 0.6 is 15.9 Å². The van der Waals surface area contributed by atoms with Gasteiger partial charge in [-0.3, -0.25) is 9.59 Å². The van der Waals surface area contributed by atoms with Crippen molar-refractivity contribution in [3.05, 3.63) is 69.7 Å². The highest BCUT2D eigenvalue weighted by atomic mass is 79.9. The van der Waals surface area contributed by atoms with Gasteiger partial charge in [0.15, 0.2) is 0 Å². The second-order valence-electron chi connectivity index (χ2n) is 8.04. The van der Waals surface area contributed by atoms with Crippen LogP contribution in [0.15, 0.2) is 58.6 Å². The highest BCUT2D eigenvalue weighted by molar-refractivity contribution is 9.10. The number of benzene rings is 2. The standard InChI is InChI=1S/C24H27BrN2O4/c1-15(2)31-19-11-7-16(8-12-19)21-20(22(28)17-5-9-18(25)10-6-17)23(29)24(30)27(21)14-13-26(3)4/h5-12,15,21,28H,13-14H2,1-4H3/b22-20-. The van der Waals surface area contributed by atoms with Crippen molar-refractivity contribution in [1.82, 2.24) is 9.80 Å². The number of carbonyl (C=O) groups is 2. The summed E-state index contributed by atoms with van der Waals surface area (Å²) in [6.45, 7) is 4.85. The Morgan fingerprint density at radius 1 is 1.10 bits per heavy atom. The molecule has 1 amide bonds. The zero-order valence-corrected chi connectivity index (χ0v) is 19.7. The molecule has 1 unspecified atom stereocenters. The minimum atomic E-state index is -0.674. The van der Waals surface area contributed by atoms with Crippen LogP contribution in [0.5, 0.6) is 5.75 Å². The van der Waals surface area contributed by atoms with E-state index < -0.39 is 17.7 Å². The summed E-state index contributed by atoms with van der Waals surface area (Å²) in [5.41, 5.74) is 1.33. The highest BCUT2D eigenvalue weighted by Crippen LogP contribution is 2.39. The Morgan fingerprint density at radius 2 is 1.71 bits per heavy atom. The van der Waals surface area contributed by atoms with E-state index in [4.69, 9.17) is 4.74 Å². The van der Waals surface area contributed by atoms with E-state index in [-0.39, 0.29) is 17.4 Å². The van der Waals surface area contributed by atoms with E-state index in [1.165, 1.54) is 4.90 Å². The van der Waals surface area contributed by atoms with Crippen molar-refractivity contribution in [3.63, 3.8) is 0 Å². The van der Waals surface area contributed by atoms with Crippen LogP contribution in [0.25, 0.3) is 5.76 Å². The maximum atomic E-state index is 13.0. The summed E-state index contributed by atoms with van der Waals surface area (Å²) >= 11 is 3.37. The van der Waals surface area contributed by atoms with Crippen LogP contribution in [0.1, 0.15) is 31.0 Å². The molecule has 164 valence electrons. The summed E-state index contributed by atoms with van der Waals surface area (Å²) in [4.78, 5) is 29.4. The molecule has 1 aliphatic heterocycles. The van der Waals surface area contributed by atoms with E-state index in [0.29, 0.717) is 24.4 Å². The normalized spacial score (nSPS) is 18.3. The Kier molecular flexibility index (Phi) is 7.18. The number of nitrogens with zero attached hydrogens (tertiary/aromatic N) is 2. The van der Waals surface area contributed by atoms with E-state index in [1.807, 2.05) is 57.1 Å². The third-order valence-electron chi connectivity index (χ3n) is 5.01. The lowest BCUT2D eigenvalue weighted by atomic mass is 9.95. The van der Waals surface area contributed by atoms with Crippen LogP contribution in [0, 0.1) is 0 Å². The zero-order valence-electron chi connectivity index (χ0n) is 18.1. The molecule has 0 aliphatic carbocycles. The van der Waals surface area contributed by atoms with Crippen molar-refractivity contribution in [1.29, 1.82) is 0 Å². The summed E-state index contributed by atoms with van der Waals surface area (Å²) in [5, 5.41) is 11.0. The second-order valence-corrected chi connectivity index (χ2v) is 8.95. The van der Waals surface area contributed by atoms with Crippen LogP contribution in [0.3, 0.4) is 0 Å².